The van der Waals surface area contributed by atoms with E-state index in [0.717, 1.165) is 5.56 Å². The SMILES string of the molecule is COc1ccc(OC)c([S@@](=O)c2ccc(C)cc2)c1[C@@H](C)O. The number of methoxy groups -OCH3 is 2. The van der Waals surface area contributed by atoms with E-state index >= 15 is 0 Å². The normalized spacial score (nSPS) is 13.5. The highest BCUT2D eigenvalue weighted by molar-refractivity contribution is 7.85. The van der Waals surface area contributed by atoms with Gasteiger partial charge >= 0.3 is 0 Å². The molecule has 0 aliphatic rings. The lowest BCUT2D eigenvalue weighted by Crippen LogP contribution is -2.07. The quantitative estimate of drug-likeness (QED) is 0.919. The fourth-order valence-corrected chi connectivity index (χ4v) is 3.69. The van der Waals surface area contributed by atoms with Gasteiger partial charge in [-0.25, -0.2) is 4.21 Å². The van der Waals surface area contributed by atoms with Gasteiger partial charge in [0.05, 0.1) is 36.0 Å². The van der Waals surface area contributed by atoms with Gasteiger partial charge in [-0.15, -0.1) is 0 Å². The lowest BCUT2D eigenvalue weighted by atomic mass is 10.1. The van der Waals surface area contributed by atoms with Gasteiger partial charge in [0.1, 0.15) is 11.5 Å². The molecular weight excluding hydrogens is 300 g/mol. The van der Waals surface area contributed by atoms with Crippen LogP contribution in [0.4, 0.5) is 0 Å². The van der Waals surface area contributed by atoms with Gasteiger partial charge in [-0.3, -0.25) is 0 Å². The first-order valence-electron chi connectivity index (χ1n) is 6.91. The van der Waals surface area contributed by atoms with Crippen LogP contribution in [0.2, 0.25) is 0 Å². The molecule has 0 radical (unpaired) electrons. The molecule has 22 heavy (non-hydrogen) atoms. The summed E-state index contributed by atoms with van der Waals surface area (Å²) in [6.07, 6.45) is -0.825. The number of aliphatic hydroxyl groups is 1. The summed E-state index contributed by atoms with van der Waals surface area (Å²) < 4.78 is 23.6. The highest BCUT2D eigenvalue weighted by atomic mass is 32.2. The standard InChI is InChI=1S/C17H20O4S/c1-11-5-7-13(8-6-11)22(19)17-15(21-4)10-9-14(20-3)16(17)12(2)18/h5-10,12,18H,1-4H3/t12-,22+/m1/s1. The maximum absolute atomic E-state index is 13.0. The van der Waals surface area contributed by atoms with Crippen molar-refractivity contribution in [3.8, 4) is 11.5 Å². The second-order valence-corrected chi connectivity index (χ2v) is 6.39. The van der Waals surface area contributed by atoms with Crippen LogP contribution >= 0.6 is 0 Å². The molecule has 0 heterocycles. The second-order valence-electron chi connectivity index (χ2n) is 4.97. The summed E-state index contributed by atoms with van der Waals surface area (Å²) in [7, 11) is 1.56. The number of benzene rings is 2. The first kappa shape index (κ1) is 16.5. The Morgan fingerprint density at radius 2 is 1.55 bits per heavy atom. The average molecular weight is 320 g/mol. The van der Waals surface area contributed by atoms with Crippen LogP contribution in [0.3, 0.4) is 0 Å². The highest BCUT2D eigenvalue weighted by Gasteiger charge is 2.24. The third-order valence-corrected chi connectivity index (χ3v) is 4.89. The van der Waals surface area contributed by atoms with Crippen LogP contribution in [0, 0.1) is 6.92 Å². The molecular formula is C17H20O4S. The van der Waals surface area contributed by atoms with E-state index < -0.39 is 16.9 Å². The second kappa shape index (κ2) is 6.94. The van der Waals surface area contributed by atoms with Gasteiger partial charge in [0.2, 0.25) is 0 Å². The molecule has 5 heteroatoms. The van der Waals surface area contributed by atoms with Crippen molar-refractivity contribution in [2.75, 3.05) is 14.2 Å². The zero-order valence-corrected chi connectivity index (χ0v) is 13.9. The molecule has 2 aromatic carbocycles. The Labute approximate surface area is 133 Å². The van der Waals surface area contributed by atoms with Gasteiger partial charge in [-0.2, -0.15) is 0 Å². The molecule has 118 valence electrons. The first-order valence-corrected chi connectivity index (χ1v) is 8.06. The smallest absolute Gasteiger partial charge is 0.136 e. The van der Waals surface area contributed by atoms with Gasteiger partial charge in [0.25, 0.3) is 0 Å². The Hall–Kier alpha value is -1.85. The van der Waals surface area contributed by atoms with E-state index in [2.05, 4.69) is 0 Å². The van der Waals surface area contributed by atoms with E-state index in [1.165, 1.54) is 14.2 Å². The van der Waals surface area contributed by atoms with Gasteiger partial charge in [-0.05, 0) is 38.1 Å². The zero-order valence-electron chi connectivity index (χ0n) is 13.1. The molecule has 0 unspecified atom stereocenters. The molecule has 0 saturated heterocycles. The summed E-state index contributed by atoms with van der Waals surface area (Å²) in [6.45, 7) is 3.59. The van der Waals surface area contributed by atoms with E-state index in [9.17, 15) is 9.32 Å². The van der Waals surface area contributed by atoms with Crippen LogP contribution in [0.15, 0.2) is 46.2 Å². The summed E-state index contributed by atoms with van der Waals surface area (Å²) in [4.78, 5) is 1.10. The monoisotopic (exact) mass is 320 g/mol. The van der Waals surface area contributed by atoms with Crippen molar-refractivity contribution >= 4 is 10.8 Å². The molecule has 0 amide bonds. The fourth-order valence-electron chi connectivity index (χ4n) is 2.27. The number of aryl methyl sites for hydroxylation is 1. The van der Waals surface area contributed by atoms with E-state index in [-0.39, 0.29) is 0 Å². The third-order valence-electron chi connectivity index (χ3n) is 3.40. The van der Waals surface area contributed by atoms with Crippen molar-refractivity contribution in [1.82, 2.24) is 0 Å². The molecule has 0 bridgehead atoms. The van der Waals surface area contributed by atoms with Crippen molar-refractivity contribution in [3.63, 3.8) is 0 Å². The van der Waals surface area contributed by atoms with E-state index in [1.54, 1.807) is 19.1 Å². The summed E-state index contributed by atoms with van der Waals surface area (Å²) in [6, 6.07) is 10.8. The largest absolute Gasteiger partial charge is 0.496 e. The Bertz CT molecular complexity index is 678. The van der Waals surface area contributed by atoms with Crippen LogP contribution in [0.25, 0.3) is 0 Å². The summed E-state index contributed by atoms with van der Waals surface area (Å²) in [5.74, 6) is 0.960. The van der Waals surface area contributed by atoms with Gasteiger partial charge in [0.15, 0.2) is 0 Å². The maximum Gasteiger partial charge on any atom is 0.136 e. The van der Waals surface area contributed by atoms with Gasteiger partial charge in [0, 0.05) is 10.5 Å². The molecule has 0 fully saturated rings. The third kappa shape index (κ3) is 3.15. The topological polar surface area (TPSA) is 55.8 Å². The van der Waals surface area contributed by atoms with Crippen LogP contribution in [0.1, 0.15) is 24.2 Å². The van der Waals surface area contributed by atoms with Crippen LogP contribution in [0.5, 0.6) is 11.5 Å². The summed E-state index contributed by atoms with van der Waals surface area (Å²) >= 11 is 0. The maximum atomic E-state index is 13.0. The van der Waals surface area contributed by atoms with E-state index in [0.29, 0.717) is 26.9 Å². The minimum absolute atomic E-state index is 0.445. The van der Waals surface area contributed by atoms with E-state index in [4.69, 9.17) is 9.47 Å². The summed E-state index contributed by atoms with van der Waals surface area (Å²) in [5, 5.41) is 10.1. The van der Waals surface area contributed by atoms with Crippen LogP contribution < -0.4 is 9.47 Å². The Kier molecular flexibility index (Phi) is 5.21. The number of hydrogen-bond donors (Lipinski definition) is 1. The van der Waals surface area contributed by atoms with Crippen molar-refractivity contribution in [3.05, 3.63) is 47.5 Å². The Morgan fingerprint density at radius 1 is 1.00 bits per heavy atom. The lowest BCUT2D eigenvalue weighted by Gasteiger charge is -2.18. The molecule has 2 atom stereocenters. The minimum Gasteiger partial charge on any atom is -0.496 e. The van der Waals surface area contributed by atoms with Crippen LogP contribution in [-0.2, 0) is 10.8 Å². The van der Waals surface area contributed by atoms with Crippen molar-refractivity contribution in [1.29, 1.82) is 0 Å². The van der Waals surface area contributed by atoms with Crippen LogP contribution in [-0.4, -0.2) is 23.5 Å². The first-order chi connectivity index (χ1) is 10.5. The average Bonchev–Trinajstić information content (AvgIpc) is 2.53. The number of ether oxygens (including phenoxy) is 2. The van der Waals surface area contributed by atoms with E-state index in [1.807, 2.05) is 31.2 Å². The lowest BCUT2D eigenvalue weighted by molar-refractivity contribution is 0.190. The van der Waals surface area contributed by atoms with Gasteiger partial charge in [-0.1, -0.05) is 17.7 Å². The highest BCUT2D eigenvalue weighted by Crippen LogP contribution is 2.39. The molecule has 2 aromatic rings. The van der Waals surface area contributed by atoms with Crippen molar-refractivity contribution in [2.24, 2.45) is 0 Å². The Balaban J connectivity index is 2.65. The molecule has 0 aliphatic carbocycles. The Morgan fingerprint density at radius 3 is 2.05 bits per heavy atom. The summed E-state index contributed by atoms with van der Waals surface area (Å²) in [5.41, 5.74) is 1.58. The molecule has 0 spiro atoms. The molecule has 2 rings (SSSR count). The molecule has 0 saturated carbocycles. The number of rotatable bonds is 5. The zero-order chi connectivity index (χ0) is 16.3. The molecule has 1 N–H and O–H groups in total. The number of hydrogen-bond acceptors (Lipinski definition) is 4. The molecule has 0 aliphatic heterocycles. The van der Waals surface area contributed by atoms with Crippen molar-refractivity contribution in [2.45, 2.75) is 29.7 Å². The van der Waals surface area contributed by atoms with Gasteiger partial charge < -0.3 is 14.6 Å². The predicted molar refractivity (Wildman–Crippen MR) is 86.0 cm³/mol. The molecule has 4 nitrogen and oxygen atoms in total. The predicted octanol–water partition coefficient (Wildman–Crippen LogP) is 3.23. The molecule has 0 aromatic heterocycles. The minimum atomic E-state index is -1.48. The number of aliphatic hydroxyl groups excluding tert-OH is 1. The fraction of sp³-hybridized carbons (Fsp3) is 0.294. The van der Waals surface area contributed by atoms with Crippen molar-refractivity contribution < 1.29 is 18.8 Å².